The lowest BCUT2D eigenvalue weighted by molar-refractivity contribution is -0.156. The predicted molar refractivity (Wildman–Crippen MR) is 120 cm³/mol. The molecule has 2 unspecified atom stereocenters. The number of ether oxygens (including phenoxy) is 1. The summed E-state index contributed by atoms with van der Waals surface area (Å²) in [5.41, 5.74) is -0.436. The van der Waals surface area contributed by atoms with Gasteiger partial charge >= 0.3 is 11.9 Å². The molecular formula is C24H47NO4. The topological polar surface area (TPSA) is 75.6 Å². The van der Waals surface area contributed by atoms with E-state index in [2.05, 4.69) is 19.2 Å². The molecule has 29 heavy (non-hydrogen) atoms. The molecule has 0 aliphatic rings. The molecule has 0 bridgehead atoms. The Balaban J connectivity index is 4.32. The second-order valence-corrected chi connectivity index (χ2v) is 9.46. The highest BCUT2D eigenvalue weighted by Gasteiger charge is 2.20. The Morgan fingerprint density at radius 1 is 0.862 bits per heavy atom. The van der Waals surface area contributed by atoms with Crippen molar-refractivity contribution in [3.05, 3.63) is 0 Å². The molecule has 0 rings (SSSR count). The molecule has 0 fully saturated rings. The van der Waals surface area contributed by atoms with Crippen LogP contribution in [0.15, 0.2) is 0 Å². The summed E-state index contributed by atoms with van der Waals surface area (Å²) < 4.78 is 5.51. The quantitative estimate of drug-likeness (QED) is 0.214. The van der Waals surface area contributed by atoms with E-state index in [-0.39, 0.29) is 18.3 Å². The molecule has 0 radical (unpaired) electrons. The number of nitrogens with one attached hydrogen (secondary N) is 1. The first-order valence-electron chi connectivity index (χ1n) is 11.8. The number of carboxylic acids is 1. The minimum absolute atomic E-state index is 0.109. The average Bonchev–Trinajstić information content (AvgIpc) is 2.58. The number of esters is 1. The molecule has 5 nitrogen and oxygen atoms in total. The summed E-state index contributed by atoms with van der Waals surface area (Å²) >= 11 is 0. The molecule has 172 valence electrons. The highest BCUT2D eigenvalue weighted by atomic mass is 16.6. The van der Waals surface area contributed by atoms with Gasteiger partial charge in [0, 0.05) is 12.8 Å². The Morgan fingerprint density at radius 2 is 1.52 bits per heavy atom. The standard InChI is InChI=1S/C24H47NO4/c1-6-8-9-10-11-14-21(18-23(28)29-24(3,4)5)19-25-16-12-15-20(13-7-2)17-22(26)27/h20-21,25H,6-19H2,1-5H3,(H,26,27). The van der Waals surface area contributed by atoms with E-state index in [1.807, 2.05) is 20.8 Å². The number of carboxylic acid groups (broad SMARTS) is 1. The normalized spacial score (nSPS) is 13.8. The van der Waals surface area contributed by atoms with Crippen molar-refractivity contribution < 1.29 is 19.4 Å². The maximum atomic E-state index is 12.3. The predicted octanol–water partition coefficient (Wildman–Crippen LogP) is 5.96. The van der Waals surface area contributed by atoms with Gasteiger partial charge in [0.2, 0.25) is 0 Å². The zero-order valence-electron chi connectivity index (χ0n) is 19.7. The number of hydrogen-bond donors (Lipinski definition) is 2. The highest BCUT2D eigenvalue weighted by molar-refractivity contribution is 5.70. The first-order valence-corrected chi connectivity index (χ1v) is 11.8. The van der Waals surface area contributed by atoms with Crippen LogP contribution in [0.4, 0.5) is 0 Å². The fourth-order valence-electron chi connectivity index (χ4n) is 3.76. The second-order valence-electron chi connectivity index (χ2n) is 9.46. The van der Waals surface area contributed by atoms with E-state index < -0.39 is 11.6 Å². The monoisotopic (exact) mass is 413 g/mol. The van der Waals surface area contributed by atoms with E-state index in [4.69, 9.17) is 9.84 Å². The van der Waals surface area contributed by atoms with E-state index >= 15 is 0 Å². The molecule has 2 N–H and O–H groups in total. The number of unbranched alkanes of at least 4 members (excludes halogenated alkanes) is 4. The minimum Gasteiger partial charge on any atom is -0.481 e. The van der Waals surface area contributed by atoms with Gasteiger partial charge < -0.3 is 15.2 Å². The van der Waals surface area contributed by atoms with Crippen LogP contribution in [-0.4, -0.2) is 35.7 Å². The SMILES string of the molecule is CCCCCCCC(CNCCCC(CCC)CC(=O)O)CC(=O)OC(C)(C)C. The van der Waals surface area contributed by atoms with E-state index in [9.17, 15) is 9.59 Å². The second kappa shape index (κ2) is 16.7. The fraction of sp³-hybridized carbons (Fsp3) is 0.917. The van der Waals surface area contributed by atoms with Gasteiger partial charge in [0.25, 0.3) is 0 Å². The Hall–Kier alpha value is -1.10. The van der Waals surface area contributed by atoms with Crippen LogP contribution in [0.25, 0.3) is 0 Å². The molecule has 0 aliphatic carbocycles. The third-order valence-corrected chi connectivity index (χ3v) is 5.15. The summed E-state index contributed by atoms with van der Waals surface area (Å²) in [6, 6.07) is 0. The third kappa shape index (κ3) is 18.7. The Labute approximate surface area is 179 Å². The minimum atomic E-state index is -0.697. The van der Waals surface area contributed by atoms with Crippen LogP contribution in [-0.2, 0) is 14.3 Å². The number of rotatable bonds is 18. The largest absolute Gasteiger partial charge is 0.481 e. The van der Waals surface area contributed by atoms with Gasteiger partial charge in [-0.25, -0.2) is 0 Å². The summed E-state index contributed by atoms with van der Waals surface area (Å²) in [5, 5.41) is 12.5. The molecule has 0 heterocycles. The van der Waals surface area contributed by atoms with Crippen LogP contribution in [0.2, 0.25) is 0 Å². The highest BCUT2D eigenvalue weighted by Crippen LogP contribution is 2.19. The van der Waals surface area contributed by atoms with Gasteiger partial charge in [0.15, 0.2) is 0 Å². The van der Waals surface area contributed by atoms with E-state index in [1.165, 1.54) is 25.7 Å². The van der Waals surface area contributed by atoms with Crippen molar-refractivity contribution in [2.75, 3.05) is 13.1 Å². The van der Waals surface area contributed by atoms with Crippen LogP contribution in [0.1, 0.15) is 112 Å². The molecule has 0 saturated carbocycles. The van der Waals surface area contributed by atoms with Crippen molar-refractivity contribution >= 4 is 11.9 Å². The number of carbonyl (C=O) groups is 2. The van der Waals surface area contributed by atoms with Gasteiger partial charge in [-0.05, 0) is 65.0 Å². The number of carbonyl (C=O) groups excluding carboxylic acids is 1. The first kappa shape index (κ1) is 27.9. The van der Waals surface area contributed by atoms with Crippen LogP contribution in [0.3, 0.4) is 0 Å². The van der Waals surface area contributed by atoms with Crippen molar-refractivity contribution in [2.45, 2.75) is 117 Å². The summed E-state index contributed by atoms with van der Waals surface area (Å²) in [7, 11) is 0. The van der Waals surface area contributed by atoms with Crippen molar-refractivity contribution in [1.82, 2.24) is 5.32 Å². The first-order chi connectivity index (χ1) is 13.7. The molecule has 5 heteroatoms. The molecule has 2 atom stereocenters. The lowest BCUT2D eigenvalue weighted by atomic mass is 9.94. The zero-order valence-corrected chi connectivity index (χ0v) is 19.7. The summed E-state index contributed by atoms with van der Waals surface area (Å²) in [5.74, 6) is -0.230. The number of hydrogen-bond acceptors (Lipinski definition) is 4. The Bertz CT molecular complexity index is 431. The maximum Gasteiger partial charge on any atom is 0.306 e. The molecule has 0 aromatic rings. The zero-order chi connectivity index (χ0) is 22.1. The Kier molecular flexibility index (Phi) is 16.0. The molecule has 0 aromatic carbocycles. The van der Waals surface area contributed by atoms with Crippen LogP contribution in [0, 0.1) is 11.8 Å². The third-order valence-electron chi connectivity index (χ3n) is 5.15. The lowest BCUT2D eigenvalue weighted by Crippen LogP contribution is -2.29. The van der Waals surface area contributed by atoms with Gasteiger partial charge in [0.05, 0.1) is 0 Å². The average molecular weight is 414 g/mol. The summed E-state index contributed by atoms with van der Waals surface area (Å²) in [6.45, 7) is 11.8. The molecule has 0 aromatic heterocycles. The maximum absolute atomic E-state index is 12.3. The van der Waals surface area contributed by atoms with Crippen molar-refractivity contribution in [1.29, 1.82) is 0 Å². The van der Waals surface area contributed by atoms with E-state index in [0.29, 0.717) is 12.3 Å². The molecule has 0 amide bonds. The molecular weight excluding hydrogens is 366 g/mol. The molecule has 0 spiro atoms. The van der Waals surface area contributed by atoms with Gasteiger partial charge in [-0.1, -0.05) is 58.8 Å². The molecule has 0 saturated heterocycles. The summed E-state index contributed by atoms with van der Waals surface area (Å²) in [4.78, 5) is 23.2. The van der Waals surface area contributed by atoms with Crippen molar-refractivity contribution in [3.8, 4) is 0 Å². The van der Waals surface area contributed by atoms with E-state index in [1.54, 1.807) is 0 Å². The van der Waals surface area contributed by atoms with Crippen molar-refractivity contribution in [3.63, 3.8) is 0 Å². The van der Waals surface area contributed by atoms with E-state index in [0.717, 1.165) is 51.6 Å². The van der Waals surface area contributed by atoms with Gasteiger partial charge in [-0.3, -0.25) is 9.59 Å². The van der Waals surface area contributed by atoms with Crippen molar-refractivity contribution in [2.24, 2.45) is 11.8 Å². The van der Waals surface area contributed by atoms with Gasteiger partial charge in [-0.2, -0.15) is 0 Å². The fourth-order valence-corrected chi connectivity index (χ4v) is 3.76. The van der Waals surface area contributed by atoms with Crippen LogP contribution in [0.5, 0.6) is 0 Å². The van der Waals surface area contributed by atoms with Gasteiger partial charge in [0.1, 0.15) is 5.60 Å². The lowest BCUT2D eigenvalue weighted by Gasteiger charge is -2.23. The number of aliphatic carboxylic acids is 1. The molecule has 0 aliphatic heterocycles. The van der Waals surface area contributed by atoms with Crippen LogP contribution < -0.4 is 5.32 Å². The van der Waals surface area contributed by atoms with Gasteiger partial charge in [-0.15, -0.1) is 0 Å². The smallest absolute Gasteiger partial charge is 0.306 e. The van der Waals surface area contributed by atoms with Crippen LogP contribution >= 0.6 is 0 Å². The Morgan fingerprint density at radius 3 is 2.10 bits per heavy atom. The summed E-state index contributed by atoms with van der Waals surface area (Å²) in [6.07, 6.45) is 11.9.